The lowest BCUT2D eigenvalue weighted by Gasteiger charge is -2.22. The highest BCUT2D eigenvalue weighted by Gasteiger charge is 2.14. The predicted octanol–water partition coefficient (Wildman–Crippen LogP) is 6.63. The van der Waals surface area contributed by atoms with Gasteiger partial charge in [0.2, 0.25) is 0 Å². The molecule has 0 saturated heterocycles. The lowest BCUT2D eigenvalue weighted by Crippen LogP contribution is -2.22. The highest BCUT2D eigenvalue weighted by molar-refractivity contribution is 7.13. The Morgan fingerprint density at radius 1 is 0.744 bits per heavy atom. The summed E-state index contributed by atoms with van der Waals surface area (Å²) in [6, 6.07) is 23.5. The van der Waals surface area contributed by atoms with Gasteiger partial charge in [-0.3, -0.25) is 0 Å². The summed E-state index contributed by atoms with van der Waals surface area (Å²) in [5.74, 6) is 2.44. The van der Waals surface area contributed by atoms with Gasteiger partial charge >= 0.3 is 0 Å². The summed E-state index contributed by atoms with van der Waals surface area (Å²) in [6.45, 7) is 3.71. The molecule has 0 aliphatic heterocycles. The van der Waals surface area contributed by atoms with Gasteiger partial charge in [0.25, 0.3) is 0 Å². The molecule has 206 valence electrons. The van der Waals surface area contributed by atoms with Crippen molar-refractivity contribution in [3.8, 4) is 17.2 Å². The fourth-order valence-electron chi connectivity index (χ4n) is 3.83. The molecule has 0 saturated carbocycles. The number of hydrogen-bond acceptors (Lipinski definition) is 8. The minimum absolute atomic E-state index is 0.424. The van der Waals surface area contributed by atoms with Crippen molar-refractivity contribution in [3.05, 3.63) is 100 Å². The van der Waals surface area contributed by atoms with Gasteiger partial charge in [-0.2, -0.15) is 0 Å². The molecule has 0 N–H and O–H groups in total. The first kappa shape index (κ1) is 28.7. The lowest BCUT2D eigenvalue weighted by molar-refractivity contribution is 0.0296. The fourth-order valence-corrected chi connectivity index (χ4v) is 4.76. The molecule has 0 bridgehead atoms. The first-order chi connectivity index (χ1) is 19.1. The first-order valence-corrected chi connectivity index (χ1v) is 13.9. The zero-order valence-corrected chi connectivity index (χ0v) is 23.7. The number of hydrogen-bond donors (Lipinski definition) is 0. The van der Waals surface area contributed by atoms with E-state index in [1.807, 2.05) is 41.8 Å². The van der Waals surface area contributed by atoms with Crippen LogP contribution in [0.15, 0.2) is 78.2 Å². The van der Waals surface area contributed by atoms with E-state index in [1.165, 1.54) is 0 Å². The number of benzene rings is 3. The largest absolute Gasteiger partial charge is 0.497 e. The number of methoxy groups -OCH3 is 2. The van der Waals surface area contributed by atoms with Gasteiger partial charge in [-0.05, 0) is 59.7 Å². The summed E-state index contributed by atoms with van der Waals surface area (Å²) in [6.07, 6.45) is 0. The van der Waals surface area contributed by atoms with E-state index in [-0.39, 0.29) is 0 Å². The van der Waals surface area contributed by atoms with Crippen molar-refractivity contribution >= 4 is 28.1 Å². The molecule has 0 amide bonds. The van der Waals surface area contributed by atoms with Crippen LogP contribution in [-0.2, 0) is 29.2 Å². The van der Waals surface area contributed by atoms with Gasteiger partial charge in [0.1, 0.15) is 23.9 Å². The average Bonchev–Trinajstić information content (AvgIpc) is 3.44. The third-order valence-electron chi connectivity index (χ3n) is 5.76. The molecule has 3 aromatic carbocycles. The van der Waals surface area contributed by atoms with Crippen LogP contribution < -0.4 is 19.1 Å². The van der Waals surface area contributed by atoms with Crippen LogP contribution in [0.1, 0.15) is 16.8 Å². The van der Waals surface area contributed by atoms with Crippen LogP contribution >= 0.6 is 22.9 Å². The Hall–Kier alpha value is -3.30. The highest BCUT2D eigenvalue weighted by atomic mass is 35.5. The Morgan fingerprint density at radius 2 is 1.36 bits per heavy atom. The second-order valence-corrected chi connectivity index (χ2v) is 9.92. The fraction of sp³-hybridized carbons (Fsp3) is 0.300. The van der Waals surface area contributed by atoms with Crippen molar-refractivity contribution in [1.29, 1.82) is 0 Å². The Bertz CT molecular complexity index is 1230. The molecule has 9 heteroatoms. The quantitative estimate of drug-likeness (QED) is 0.141. The summed E-state index contributed by atoms with van der Waals surface area (Å²) >= 11 is 7.49. The first-order valence-electron chi connectivity index (χ1n) is 12.6. The number of rotatable bonds is 16. The molecule has 0 aliphatic carbocycles. The van der Waals surface area contributed by atoms with Crippen molar-refractivity contribution in [2.75, 3.05) is 45.5 Å². The lowest BCUT2D eigenvalue weighted by atomic mass is 10.1. The van der Waals surface area contributed by atoms with Gasteiger partial charge in [0.15, 0.2) is 5.13 Å². The molecule has 0 unspecified atom stereocenters. The monoisotopic (exact) mass is 568 g/mol. The minimum Gasteiger partial charge on any atom is -0.497 e. The molecule has 1 aromatic heterocycles. The summed E-state index contributed by atoms with van der Waals surface area (Å²) in [4.78, 5) is 7.11. The number of thiazole rings is 1. The van der Waals surface area contributed by atoms with E-state index in [9.17, 15) is 0 Å². The topological polar surface area (TPSA) is 62.3 Å². The maximum atomic E-state index is 5.88. The number of anilines is 1. The van der Waals surface area contributed by atoms with Gasteiger partial charge in [-0.1, -0.05) is 35.9 Å². The van der Waals surface area contributed by atoms with Gasteiger partial charge in [-0.15, -0.1) is 11.3 Å². The van der Waals surface area contributed by atoms with E-state index >= 15 is 0 Å². The Labute approximate surface area is 238 Å². The Kier molecular flexibility index (Phi) is 11.3. The van der Waals surface area contributed by atoms with Gasteiger partial charge in [0.05, 0.1) is 46.3 Å². The summed E-state index contributed by atoms with van der Waals surface area (Å²) < 4.78 is 27.9. The van der Waals surface area contributed by atoms with Crippen molar-refractivity contribution in [2.45, 2.75) is 19.7 Å². The van der Waals surface area contributed by atoms with Crippen molar-refractivity contribution in [1.82, 2.24) is 4.98 Å². The van der Waals surface area contributed by atoms with Crippen LogP contribution in [0, 0.1) is 0 Å². The van der Waals surface area contributed by atoms with Crippen LogP contribution in [0.3, 0.4) is 0 Å². The number of aromatic nitrogens is 1. The molecule has 1 heterocycles. The molecule has 0 atom stereocenters. The van der Waals surface area contributed by atoms with E-state index < -0.39 is 0 Å². The summed E-state index contributed by atoms with van der Waals surface area (Å²) in [5.41, 5.74) is 3.17. The van der Waals surface area contributed by atoms with Gasteiger partial charge in [0, 0.05) is 23.5 Å². The minimum atomic E-state index is 0.424. The van der Waals surface area contributed by atoms with Crippen LogP contribution in [0.25, 0.3) is 0 Å². The third kappa shape index (κ3) is 9.44. The number of nitrogens with zero attached hydrogens (tertiary/aromatic N) is 2. The molecule has 4 rings (SSSR count). The third-order valence-corrected chi connectivity index (χ3v) is 6.96. The zero-order valence-electron chi connectivity index (χ0n) is 22.2. The Balaban J connectivity index is 1.27. The molecule has 0 radical (unpaired) electrons. The smallest absolute Gasteiger partial charge is 0.186 e. The summed E-state index contributed by atoms with van der Waals surface area (Å²) in [7, 11) is 3.36. The number of ether oxygens (including phenoxy) is 5. The maximum Gasteiger partial charge on any atom is 0.186 e. The van der Waals surface area contributed by atoms with E-state index in [1.54, 1.807) is 37.7 Å². The van der Waals surface area contributed by atoms with Crippen LogP contribution in [0.2, 0.25) is 5.02 Å². The molecule has 0 spiro atoms. The zero-order chi connectivity index (χ0) is 27.3. The highest BCUT2D eigenvalue weighted by Crippen LogP contribution is 2.27. The van der Waals surface area contributed by atoms with Crippen LogP contribution in [-0.4, -0.2) is 45.6 Å². The van der Waals surface area contributed by atoms with Gasteiger partial charge < -0.3 is 28.6 Å². The molecule has 7 nitrogen and oxygen atoms in total. The molecule has 0 fully saturated rings. The van der Waals surface area contributed by atoms with Crippen molar-refractivity contribution in [3.63, 3.8) is 0 Å². The number of halogens is 1. The normalized spacial score (nSPS) is 10.8. The van der Waals surface area contributed by atoms with Crippen LogP contribution in [0.5, 0.6) is 17.2 Å². The molecular weight excluding hydrogens is 536 g/mol. The predicted molar refractivity (Wildman–Crippen MR) is 155 cm³/mol. The van der Waals surface area contributed by atoms with E-state index in [4.69, 9.17) is 40.3 Å². The second kappa shape index (κ2) is 15.3. The summed E-state index contributed by atoms with van der Waals surface area (Å²) in [5, 5.41) is 3.65. The van der Waals surface area contributed by atoms with E-state index in [2.05, 4.69) is 29.2 Å². The van der Waals surface area contributed by atoms with Crippen molar-refractivity contribution < 1.29 is 23.7 Å². The SMILES string of the molecule is COc1cccc(CN(Cc2cccc(OC)c2)c2nc(COCCOCCOc3ccc(Cl)cc3)cs2)c1. The van der Waals surface area contributed by atoms with Crippen LogP contribution in [0.4, 0.5) is 5.13 Å². The average molecular weight is 569 g/mol. The molecule has 39 heavy (non-hydrogen) atoms. The van der Waals surface area contributed by atoms with Gasteiger partial charge in [-0.25, -0.2) is 4.98 Å². The molecular formula is C30H33ClN2O5S. The maximum absolute atomic E-state index is 5.88. The molecule has 4 aromatic rings. The standard InChI is InChI=1S/C30H33ClN2O5S/c1-34-28-7-3-5-23(17-28)19-33(20-24-6-4-8-29(18-24)35-2)30-32-26(22-39-30)21-37-14-13-36-15-16-38-27-11-9-25(31)10-12-27/h3-12,17-18,22H,13-16,19-21H2,1-2H3. The van der Waals surface area contributed by atoms with E-state index in [0.29, 0.717) is 51.1 Å². The second-order valence-electron chi connectivity index (χ2n) is 8.65. The molecule has 0 aliphatic rings. The van der Waals surface area contributed by atoms with E-state index in [0.717, 1.165) is 39.2 Å². The van der Waals surface area contributed by atoms with Crippen molar-refractivity contribution in [2.24, 2.45) is 0 Å². The Morgan fingerprint density at radius 3 is 2.00 bits per heavy atom.